The average molecular weight is 251 g/mol. The van der Waals surface area contributed by atoms with Crippen LogP contribution in [0.4, 0.5) is 11.6 Å². The van der Waals surface area contributed by atoms with Crippen LogP contribution in [0.1, 0.15) is 5.56 Å². The van der Waals surface area contributed by atoms with E-state index < -0.39 is 0 Å². The molecule has 0 aliphatic rings. The van der Waals surface area contributed by atoms with Gasteiger partial charge in [-0.25, -0.2) is 4.98 Å². The van der Waals surface area contributed by atoms with Crippen molar-refractivity contribution in [3.63, 3.8) is 0 Å². The molecule has 0 amide bonds. The molecule has 2 aromatic carbocycles. The average Bonchev–Trinajstić information content (AvgIpc) is 2.46. The molecular weight excluding hydrogens is 238 g/mol. The lowest BCUT2D eigenvalue weighted by Crippen LogP contribution is -2.05. The van der Waals surface area contributed by atoms with Gasteiger partial charge < -0.3 is 11.1 Å². The molecule has 0 aliphatic carbocycles. The SMILES string of the molecule is Nc1ccc(CNc2nnc3ccccc3n2)cc1. The van der Waals surface area contributed by atoms with E-state index in [4.69, 9.17) is 5.73 Å². The number of hydrogen-bond donors (Lipinski definition) is 2. The number of hydrogen-bond acceptors (Lipinski definition) is 5. The van der Waals surface area contributed by atoms with Crippen molar-refractivity contribution < 1.29 is 0 Å². The van der Waals surface area contributed by atoms with E-state index in [9.17, 15) is 0 Å². The Kier molecular flexibility index (Phi) is 2.94. The van der Waals surface area contributed by atoms with Gasteiger partial charge in [0, 0.05) is 12.2 Å². The Balaban J connectivity index is 1.76. The topological polar surface area (TPSA) is 76.7 Å². The summed E-state index contributed by atoms with van der Waals surface area (Å²) in [7, 11) is 0. The molecule has 0 atom stereocenters. The predicted molar refractivity (Wildman–Crippen MR) is 75.5 cm³/mol. The molecule has 0 saturated carbocycles. The fourth-order valence-electron chi connectivity index (χ4n) is 1.77. The van der Waals surface area contributed by atoms with Crippen LogP contribution in [0.5, 0.6) is 0 Å². The highest BCUT2D eigenvalue weighted by molar-refractivity contribution is 5.74. The summed E-state index contributed by atoms with van der Waals surface area (Å²) >= 11 is 0. The second-order valence-electron chi connectivity index (χ2n) is 4.22. The number of fused-ring (bicyclic) bond motifs is 1. The number of para-hydroxylation sites is 1. The zero-order valence-corrected chi connectivity index (χ0v) is 10.2. The molecule has 1 heterocycles. The molecular formula is C14H13N5. The van der Waals surface area contributed by atoms with Crippen LogP contribution >= 0.6 is 0 Å². The van der Waals surface area contributed by atoms with Crippen molar-refractivity contribution >= 4 is 22.7 Å². The Hall–Kier alpha value is -2.69. The van der Waals surface area contributed by atoms with Gasteiger partial charge in [0.2, 0.25) is 5.95 Å². The van der Waals surface area contributed by atoms with E-state index in [0.29, 0.717) is 12.5 Å². The summed E-state index contributed by atoms with van der Waals surface area (Å²) in [6, 6.07) is 15.3. The van der Waals surface area contributed by atoms with Crippen molar-refractivity contribution in [2.24, 2.45) is 0 Å². The summed E-state index contributed by atoms with van der Waals surface area (Å²) in [6.07, 6.45) is 0. The summed E-state index contributed by atoms with van der Waals surface area (Å²) in [5, 5.41) is 11.3. The van der Waals surface area contributed by atoms with Crippen LogP contribution in [0.2, 0.25) is 0 Å². The minimum atomic E-state index is 0.524. The first-order chi connectivity index (χ1) is 9.31. The molecule has 0 fully saturated rings. The van der Waals surface area contributed by atoms with E-state index in [-0.39, 0.29) is 0 Å². The van der Waals surface area contributed by atoms with Gasteiger partial charge in [-0.1, -0.05) is 24.3 Å². The Morgan fingerprint density at radius 2 is 1.63 bits per heavy atom. The first-order valence-corrected chi connectivity index (χ1v) is 5.99. The Bertz CT molecular complexity index is 694. The van der Waals surface area contributed by atoms with Crippen LogP contribution in [0, 0.1) is 0 Å². The van der Waals surface area contributed by atoms with Crippen LogP contribution < -0.4 is 11.1 Å². The first-order valence-electron chi connectivity index (χ1n) is 5.99. The molecule has 0 bridgehead atoms. The number of anilines is 2. The summed E-state index contributed by atoms with van der Waals surface area (Å²) < 4.78 is 0. The maximum Gasteiger partial charge on any atom is 0.243 e. The second kappa shape index (κ2) is 4.89. The van der Waals surface area contributed by atoms with E-state index in [1.54, 1.807) is 0 Å². The lowest BCUT2D eigenvalue weighted by molar-refractivity contribution is 0.984. The van der Waals surface area contributed by atoms with Crippen molar-refractivity contribution in [3.8, 4) is 0 Å². The van der Waals surface area contributed by atoms with Crippen LogP contribution in [0.15, 0.2) is 48.5 Å². The molecule has 3 aromatic rings. The Morgan fingerprint density at radius 3 is 2.42 bits per heavy atom. The standard InChI is InChI=1S/C14H13N5/c15-11-7-5-10(6-8-11)9-16-14-17-12-3-1-2-4-13(12)18-19-14/h1-8H,9,15H2,(H,16,17,19). The molecule has 0 saturated heterocycles. The van der Waals surface area contributed by atoms with Gasteiger partial charge in [-0.05, 0) is 29.8 Å². The van der Waals surface area contributed by atoms with Gasteiger partial charge in [-0.3, -0.25) is 0 Å². The summed E-state index contributed by atoms with van der Waals surface area (Å²) in [5.74, 6) is 0.524. The van der Waals surface area contributed by atoms with Gasteiger partial charge in [0.15, 0.2) is 0 Å². The summed E-state index contributed by atoms with van der Waals surface area (Å²) in [6.45, 7) is 0.639. The molecule has 0 aliphatic heterocycles. The third-order valence-corrected chi connectivity index (χ3v) is 2.79. The fourth-order valence-corrected chi connectivity index (χ4v) is 1.77. The van der Waals surface area contributed by atoms with Crippen molar-refractivity contribution in [1.29, 1.82) is 0 Å². The maximum absolute atomic E-state index is 5.64. The Labute approximate surface area is 110 Å². The number of aromatic nitrogens is 3. The zero-order chi connectivity index (χ0) is 13.1. The zero-order valence-electron chi connectivity index (χ0n) is 10.2. The van der Waals surface area contributed by atoms with Crippen LogP contribution in [0.3, 0.4) is 0 Å². The van der Waals surface area contributed by atoms with E-state index >= 15 is 0 Å². The highest BCUT2D eigenvalue weighted by atomic mass is 15.2. The largest absolute Gasteiger partial charge is 0.399 e. The number of nitrogens with zero attached hydrogens (tertiary/aromatic N) is 3. The molecule has 19 heavy (non-hydrogen) atoms. The molecule has 3 rings (SSSR count). The highest BCUT2D eigenvalue weighted by Gasteiger charge is 2.00. The van der Waals surface area contributed by atoms with Gasteiger partial charge in [-0.2, -0.15) is 0 Å². The van der Waals surface area contributed by atoms with Gasteiger partial charge in [0.1, 0.15) is 5.52 Å². The van der Waals surface area contributed by atoms with Gasteiger partial charge >= 0.3 is 0 Å². The van der Waals surface area contributed by atoms with Gasteiger partial charge in [-0.15, -0.1) is 10.2 Å². The number of nitrogen functional groups attached to an aromatic ring is 1. The summed E-state index contributed by atoms with van der Waals surface area (Å²) in [4.78, 5) is 4.40. The molecule has 94 valence electrons. The molecule has 0 unspecified atom stereocenters. The lowest BCUT2D eigenvalue weighted by atomic mass is 10.2. The molecule has 5 heteroatoms. The van der Waals surface area contributed by atoms with Crippen molar-refractivity contribution in [3.05, 3.63) is 54.1 Å². The molecule has 0 spiro atoms. The third kappa shape index (κ3) is 2.60. The van der Waals surface area contributed by atoms with E-state index in [2.05, 4.69) is 20.5 Å². The highest BCUT2D eigenvalue weighted by Crippen LogP contribution is 2.10. The van der Waals surface area contributed by atoms with Gasteiger partial charge in [0.25, 0.3) is 0 Å². The molecule has 5 nitrogen and oxygen atoms in total. The number of nitrogens with one attached hydrogen (secondary N) is 1. The summed E-state index contributed by atoms with van der Waals surface area (Å²) in [5.41, 5.74) is 9.14. The minimum absolute atomic E-state index is 0.524. The number of nitrogens with two attached hydrogens (primary N) is 1. The van der Waals surface area contributed by atoms with E-state index in [1.165, 1.54) is 0 Å². The third-order valence-electron chi connectivity index (χ3n) is 2.79. The number of benzene rings is 2. The van der Waals surface area contributed by atoms with Crippen molar-refractivity contribution in [2.45, 2.75) is 6.54 Å². The molecule has 1 aromatic heterocycles. The lowest BCUT2D eigenvalue weighted by Gasteiger charge is -2.05. The normalized spacial score (nSPS) is 10.5. The molecule has 3 N–H and O–H groups in total. The minimum Gasteiger partial charge on any atom is -0.399 e. The fraction of sp³-hybridized carbons (Fsp3) is 0.0714. The van der Waals surface area contributed by atoms with E-state index in [0.717, 1.165) is 22.3 Å². The predicted octanol–water partition coefficient (Wildman–Crippen LogP) is 2.22. The first kappa shape index (κ1) is 11.4. The van der Waals surface area contributed by atoms with Crippen molar-refractivity contribution in [1.82, 2.24) is 15.2 Å². The Morgan fingerprint density at radius 1 is 0.895 bits per heavy atom. The van der Waals surface area contributed by atoms with Gasteiger partial charge in [0.05, 0.1) is 5.52 Å². The van der Waals surface area contributed by atoms with E-state index in [1.807, 2.05) is 48.5 Å². The smallest absolute Gasteiger partial charge is 0.243 e. The second-order valence-corrected chi connectivity index (χ2v) is 4.22. The monoisotopic (exact) mass is 251 g/mol. The number of rotatable bonds is 3. The van der Waals surface area contributed by atoms with Crippen LogP contribution in [0.25, 0.3) is 11.0 Å². The van der Waals surface area contributed by atoms with Crippen molar-refractivity contribution in [2.75, 3.05) is 11.1 Å². The molecule has 0 radical (unpaired) electrons. The quantitative estimate of drug-likeness (QED) is 0.698. The van der Waals surface area contributed by atoms with Crippen LogP contribution in [-0.2, 0) is 6.54 Å². The maximum atomic E-state index is 5.64. The van der Waals surface area contributed by atoms with Crippen LogP contribution in [-0.4, -0.2) is 15.2 Å².